The SMILES string of the molecule is CCCn1nc(C)c(C(=O)N[C@H]2COc3c2ccc(Cl)c3Cl)c1C. The van der Waals surface area contributed by atoms with E-state index in [1.807, 2.05) is 24.6 Å². The van der Waals surface area contributed by atoms with Crippen LogP contribution in [0.5, 0.6) is 5.75 Å². The summed E-state index contributed by atoms with van der Waals surface area (Å²) in [6, 6.07) is 3.30. The summed E-state index contributed by atoms with van der Waals surface area (Å²) in [4.78, 5) is 12.7. The lowest BCUT2D eigenvalue weighted by molar-refractivity contribution is 0.0929. The van der Waals surface area contributed by atoms with E-state index in [1.54, 1.807) is 6.07 Å². The quantitative estimate of drug-likeness (QED) is 0.885. The highest BCUT2D eigenvalue weighted by molar-refractivity contribution is 6.43. The van der Waals surface area contributed by atoms with E-state index in [2.05, 4.69) is 17.3 Å². The Morgan fingerprint density at radius 1 is 1.42 bits per heavy atom. The van der Waals surface area contributed by atoms with Crippen molar-refractivity contribution in [2.24, 2.45) is 0 Å². The Bertz CT molecular complexity index is 802. The van der Waals surface area contributed by atoms with Crippen LogP contribution >= 0.6 is 23.2 Å². The van der Waals surface area contributed by atoms with E-state index in [-0.39, 0.29) is 11.9 Å². The maximum absolute atomic E-state index is 12.7. The van der Waals surface area contributed by atoms with Gasteiger partial charge < -0.3 is 10.1 Å². The highest BCUT2D eigenvalue weighted by Gasteiger charge is 2.30. The van der Waals surface area contributed by atoms with Gasteiger partial charge in [-0.25, -0.2) is 0 Å². The molecule has 2 aromatic rings. The van der Waals surface area contributed by atoms with Crippen LogP contribution in [0.1, 0.15) is 46.7 Å². The van der Waals surface area contributed by atoms with Gasteiger partial charge in [-0.3, -0.25) is 9.48 Å². The van der Waals surface area contributed by atoms with E-state index in [1.165, 1.54) is 0 Å². The third-order valence-electron chi connectivity index (χ3n) is 4.20. The van der Waals surface area contributed by atoms with Gasteiger partial charge in [0.05, 0.1) is 22.3 Å². The van der Waals surface area contributed by atoms with E-state index in [0.29, 0.717) is 28.0 Å². The third kappa shape index (κ3) is 2.87. The zero-order chi connectivity index (χ0) is 17.4. The molecule has 1 atom stereocenters. The number of carbonyl (C=O) groups excluding carboxylic acids is 1. The molecular weight excluding hydrogens is 349 g/mol. The topological polar surface area (TPSA) is 56.2 Å². The van der Waals surface area contributed by atoms with Gasteiger partial charge in [0.15, 0.2) is 0 Å². The first-order chi connectivity index (χ1) is 11.4. The van der Waals surface area contributed by atoms with E-state index in [0.717, 1.165) is 29.9 Å². The van der Waals surface area contributed by atoms with Gasteiger partial charge >= 0.3 is 0 Å². The lowest BCUT2D eigenvalue weighted by Crippen LogP contribution is -2.30. The van der Waals surface area contributed by atoms with E-state index < -0.39 is 0 Å². The fourth-order valence-electron chi connectivity index (χ4n) is 3.03. The molecule has 0 spiro atoms. The molecule has 1 N–H and O–H groups in total. The van der Waals surface area contributed by atoms with E-state index >= 15 is 0 Å². The molecule has 0 unspecified atom stereocenters. The predicted octanol–water partition coefficient (Wildman–Crippen LogP) is 4.08. The molecule has 5 nitrogen and oxygen atoms in total. The molecule has 24 heavy (non-hydrogen) atoms. The molecule has 3 rings (SSSR count). The Morgan fingerprint density at radius 3 is 2.88 bits per heavy atom. The lowest BCUT2D eigenvalue weighted by atomic mass is 10.1. The van der Waals surface area contributed by atoms with E-state index in [9.17, 15) is 4.79 Å². The Labute approximate surface area is 150 Å². The molecule has 7 heteroatoms. The van der Waals surface area contributed by atoms with Gasteiger partial charge in [0, 0.05) is 17.8 Å². The van der Waals surface area contributed by atoms with Crippen LogP contribution < -0.4 is 10.1 Å². The maximum Gasteiger partial charge on any atom is 0.255 e. The number of aromatic nitrogens is 2. The fraction of sp³-hybridized carbons (Fsp3) is 0.412. The Balaban J connectivity index is 1.84. The van der Waals surface area contributed by atoms with Crippen LogP contribution in [-0.2, 0) is 6.54 Å². The molecule has 0 saturated heterocycles. The van der Waals surface area contributed by atoms with Crippen molar-refractivity contribution in [3.05, 3.63) is 44.7 Å². The van der Waals surface area contributed by atoms with Gasteiger partial charge in [-0.05, 0) is 26.3 Å². The van der Waals surface area contributed by atoms with Crippen molar-refractivity contribution >= 4 is 29.1 Å². The molecule has 0 radical (unpaired) electrons. The molecule has 1 aromatic heterocycles. The number of nitrogens with one attached hydrogen (secondary N) is 1. The average molecular weight is 368 g/mol. The molecule has 0 bridgehead atoms. The number of amides is 1. The first-order valence-corrected chi connectivity index (χ1v) is 8.65. The molecular formula is C17H19Cl2N3O2. The molecule has 0 fully saturated rings. The number of benzene rings is 1. The van der Waals surface area contributed by atoms with Gasteiger partial charge in [-0.2, -0.15) is 5.10 Å². The van der Waals surface area contributed by atoms with Gasteiger partial charge in [-0.1, -0.05) is 36.2 Å². The second-order valence-corrected chi connectivity index (χ2v) is 6.67. The minimum atomic E-state index is -0.254. The number of hydrogen-bond donors (Lipinski definition) is 1. The normalized spacial score (nSPS) is 16.0. The zero-order valence-electron chi connectivity index (χ0n) is 13.8. The summed E-state index contributed by atoms with van der Waals surface area (Å²) >= 11 is 12.2. The number of nitrogens with zero attached hydrogens (tertiary/aromatic N) is 2. The molecule has 1 aliphatic rings. The molecule has 1 aromatic carbocycles. The minimum Gasteiger partial charge on any atom is -0.489 e. The molecule has 1 amide bonds. The highest BCUT2D eigenvalue weighted by atomic mass is 35.5. The van der Waals surface area contributed by atoms with Crippen molar-refractivity contribution in [1.29, 1.82) is 0 Å². The average Bonchev–Trinajstić information content (AvgIpc) is 3.05. The van der Waals surface area contributed by atoms with Gasteiger partial charge in [-0.15, -0.1) is 0 Å². The van der Waals surface area contributed by atoms with Crippen LogP contribution in [-0.4, -0.2) is 22.3 Å². The van der Waals surface area contributed by atoms with Crippen LogP contribution in [0, 0.1) is 13.8 Å². The standard InChI is InChI=1S/C17H19Cl2N3O2/c1-4-7-22-10(3)14(9(2)21-22)17(23)20-13-8-24-16-11(13)5-6-12(18)15(16)19/h5-6,13H,4,7-8H2,1-3H3,(H,20,23)/t13-/m0/s1. The monoisotopic (exact) mass is 367 g/mol. The van der Waals surface area contributed by atoms with Crippen LogP contribution in [0.4, 0.5) is 0 Å². The number of ether oxygens (including phenoxy) is 1. The zero-order valence-corrected chi connectivity index (χ0v) is 15.3. The summed E-state index contributed by atoms with van der Waals surface area (Å²) in [7, 11) is 0. The lowest BCUT2D eigenvalue weighted by Gasteiger charge is -2.12. The molecule has 0 saturated carbocycles. The number of halogens is 2. The van der Waals surface area contributed by atoms with Crippen LogP contribution in [0.3, 0.4) is 0 Å². The first kappa shape index (κ1) is 17.1. The molecule has 128 valence electrons. The summed E-state index contributed by atoms with van der Waals surface area (Å²) in [6.45, 7) is 6.98. The largest absolute Gasteiger partial charge is 0.489 e. The molecule has 1 aliphatic heterocycles. The number of carbonyl (C=O) groups is 1. The second-order valence-electron chi connectivity index (χ2n) is 5.89. The third-order valence-corrected chi connectivity index (χ3v) is 4.99. The van der Waals surface area contributed by atoms with Crippen molar-refractivity contribution in [1.82, 2.24) is 15.1 Å². The number of aryl methyl sites for hydroxylation is 2. The summed E-state index contributed by atoms with van der Waals surface area (Å²) < 4.78 is 7.49. The number of fused-ring (bicyclic) bond motifs is 1. The first-order valence-electron chi connectivity index (χ1n) is 7.89. The summed E-state index contributed by atoms with van der Waals surface area (Å²) in [5, 5.41) is 8.29. The van der Waals surface area contributed by atoms with Crippen molar-refractivity contribution in [3.63, 3.8) is 0 Å². The number of hydrogen-bond acceptors (Lipinski definition) is 3. The van der Waals surface area contributed by atoms with Crippen molar-refractivity contribution in [2.45, 2.75) is 39.8 Å². The Hall–Kier alpha value is -1.72. The maximum atomic E-state index is 12.7. The number of rotatable bonds is 4. The molecule has 2 heterocycles. The van der Waals surface area contributed by atoms with Crippen LogP contribution in [0.25, 0.3) is 0 Å². The van der Waals surface area contributed by atoms with Crippen molar-refractivity contribution in [2.75, 3.05) is 6.61 Å². The Kier molecular flexibility index (Phi) is 4.74. The fourth-order valence-corrected chi connectivity index (χ4v) is 3.40. The summed E-state index contributed by atoms with van der Waals surface area (Å²) in [5.41, 5.74) is 3.07. The smallest absolute Gasteiger partial charge is 0.255 e. The summed E-state index contributed by atoms with van der Waals surface area (Å²) in [6.07, 6.45) is 0.964. The predicted molar refractivity (Wildman–Crippen MR) is 94.2 cm³/mol. The molecule has 0 aliphatic carbocycles. The van der Waals surface area contributed by atoms with Crippen LogP contribution in [0.2, 0.25) is 10.0 Å². The van der Waals surface area contributed by atoms with Crippen LogP contribution in [0.15, 0.2) is 12.1 Å². The van der Waals surface area contributed by atoms with Crippen molar-refractivity contribution in [3.8, 4) is 5.75 Å². The van der Waals surface area contributed by atoms with Crippen molar-refractivity contribution < 1.29 is 9.53 Å². The minimum absolute atomic E-state index is 0.153. The van der Waals surface area contributed by atoms with Gasteiger partial charge in [0.2, 0.25) is 0 Å². The summed E-state index contributed by atoms with van der Waals surface area (Å²) in [5.74, 6) is 0.393. The second kappa shape index (κ2) is 6.65. The van der Waals surface area contributed by atoms with E-state index in [4.69, 9.17) is 27.9 Å². The Morgan fingerprint density at radius 2 is 2.17 bits per heavy atom. The van der Waals surface area contributed by atoms with Gasteiger partial charge in [0.1, 0.15) is 17.4 Å². The van der Waals surface area contributed by atoms with Gasteiger partial charge in [0.25, 0.3) is 5.91 Å². The highest BCUT2D eigenvalue weighted by Crippen LogP contribution is 2.42.